The number of hydrogen-bond acceptors (Lipinski definition) is 6. The van der Waals surface area contributed by atoms with E-state index in [-0.39, 0.29) is 23.2 Å². The SMILES string of the molecule is O=[N+]([O-])c1ccc(CC(CNCc2ccccc2O)NCc2ccccc2O)cc1. The van der Waals surface area contributed by atoms with Gasteiger partial charge in [0.1, 0.15) is 11.5 Å². The number of nitro benzene ring substituents is 1. The summed E-state index contributed by atoms with van der Waals surface area (Å²) in [5, 5.41) is 37.6. The van der Waals surface area contributed by atoms with E-state index < -0.39 is 4.92 Å². The molecule has 0 saturated heterocycles. The van der Waals surface area contributed by atoms with Crippen molar-refractivity contribution in [1.29, 1.82) is 0 Å². The van der Waals surface area contributed by atoms with Crippen LogP contribution in [0.4, 0.5) is 5.69 Å². The number of benzene rings is 3. The molecule has 0 bridgehead atoms. The second-order valence-corrected chi connectivity index (χ2v) is 7.09. The van der Waals surface area contributed by atoms with E-state index in [1.54, 1.807) is 36.4 Å². The zero-order valence-electron chi connectivity index (χ0n) is 16.5. The highest BCUT2D eigenvalue weighted by Crippen LogP contribution is 2.17. The Balaban J connectivity index is 1.64. The third-order valence-corrected chi connectivity index (χ3v) is 4.90. The Kier molecular flexibility index (Phi) is 7.37. The highest BCUT2D eigenvalue weighted by atomic mass is 16.6. The molecule has 0 saturated carbocycles. The van der Waals surface area contributed by atoms with Crippen LogP contribution in [-0.4, -0.2) is 27.7 Å². The number of hydrogen-bond donors (Lipinski definition) is 4. The van der Waals surface area contributed by atoms with Crippen molar-refractivity contribution in [3.05, 3.63) is 99.6 Å². The van der Waals surface area contributed by atoms with Crippen LogP contribution in [-0.2, 0) is 19.5 Å². The van der Waals surface area contributed by atoms with E-state index in [0.717, 1.165) is 16.7 Å². The van der Waals surface area contributed by atoms with Gasteiger partial charge < -0.3 is 20.8 Å². The molecular weight excluding hydrogens is 382 g/mol. The molecule has 0 aliphatic heterocycles. The normalized spacial score (nSPS) is 11.9. The van der Waals surface area contributed by atoms with Gasteiger partial charge in [0.15, 0.2) is 0 Å². The van der Waals surface area contributed by atoms with E-state index in [1.807, 2.05) is 24.3 Å². The van der Waals surface area contributed by atoms with Gasteiger partial charge in [-0.3, -0.25) is 10.1 Å². The van der Waals surface area contributed by atoms with Gasteiger partial charge in [-0.1, -0.05) is 48.5 Å². The fourth-order valence-corrected chi connectivity index (χ4v) is 3.21. The predicted molar refractivity (Wildman–Crippen MR) is 115 cm³/mol. The lowest BCUT2D eigenvalue weighted by Crippen LogP contribution is -2.39. The molecule has 3 aromatic carbocycles. The number of non-ortho nitro benzene ring substituents is 1. The van der Waals surface area contributed by atoms with Crippen LogP contribution >= 0.6 is 0 Å². The minimum atomic E-state index is -0.411. The zero-order valence-corrected chi connectivity index (χ0v) is 16.5. The smallest absolute Gasteiger partial charge is 0.269 e. The lowest BCUT2D eigenvalue weighted by molar-refractivity contribution is -0.384. The van der Waals surface area contributed by atoms with Gasteiger partial charge >= 0.3 is 0 Å². The second-order valence-electron chi connectivity index (χ2n) is 7.09. The quantitative estimate of drug-likeness (QED) is 0.303. The summed E-state index contributed by atoms with van der Waals surface area (Å²) in [5.41, 5.74) is 2.65. The van der Waals surface area contributed by atoms with Gasteiger partial charge in [-0.15, -0.1) is 0 Å². The summed E-state index contributed by atoms with van der Waals surface area (Å²) in [6, 6.07) is 20.9. The zero-order chi connectivity index (χ0) is 21.3. The molecule has 0 amide bonds. The van der Waals surface area contributed by atoms with Crippen LogP contribution in [0.25, 0.3) is 0 Å². The van der Waals surface area contributed by atoms with Crippen molar-refractivity contribution < 1.29 is 15.1 Å². The summed E-state index contributed by atoms with van der Waals surface area (Å²) in [7, 11) is 0. The van der Waals surface area contributed by atoms with Crippen LogP contribution in [0.15, 0.2) is 72.8 Å². The number of nitrogens with one attached hydrogen (secondary N) is 2. The maximum atomic E-state index is 10.9. The first kappa shape index (κ1) is 21.3. The van der Waals surface area contributed by atoms with Crippen molar-refractivity contribution >= 4 is 5.69 Å². The number of aromatic hydroxyl groups is 2. The van der Waals surface area contributed by atoms with Gasteiger partial charge in [0.25, 0.3) is 5.69 Å². The molecule has 156 valence electrons. The lowest BCUT2D eigenvalue weighted by Gasteiger charge is -2.20. The van der Waals surface area contributed by atoms with Gasteiger partial charge in [-0.25, -0.2) is 0 Å². The Morgan fingerprint density at radius 1 is 0.833 bits per heavy atom. The Hall–Kier alpha value is -3.42. The molecule has 1 unspecified atom stereocenters. The van der Waals surface area contributed by atoms with Crippen LogP contribution in [0.2, 0.25) is 0 Å². The summed E-state index contributed by atoms with van der Waals surface area (Å²) in [6.07, 6.45) is 0.652. The fourth-order valence-electron chi connectivity index (χ4n) is 3.21. The summed E-state index contributed by atoms with van der Waals surface area (Å²) in [6.45, 7) is 1.61. The van der Waals surface area contributed by atoms with Crippen LogP contribution in [0.3, 0.4) is 0 Å². The highest BCUT2D eigenvalue weighted by molar-refractivity contribution is 5.34. The van der Waals surface area contributed by atoms with Crippen molar-refractivity contribution in [3.63, 3.8) is 0 Å². The van der Waals surface area contributed by atoms with E-state index in [4.69, 9.17) is 0 Å². The molecule has 30 heavy (non-hydrogen) atoms. The highest BCUT2D eigenvalue weighted by Gasteiger charge is 2.12. The minimum Gasteiger partial charge on any atom is -0.508 e. The van der Waals surface area contributed by atoms with Gasteiger partial charge in [0, 0.05) is 48.9 Å². The van der Waals surface area contributed by atoms with Crippen molar-refractivity contribution in [1.82, 2.24) is 10.6 Å². The van der Waals surface area contributed by atoms with Gasteiger partial charge in [0.2, 0.25) is 0 Å². The number of para-hydroxylation sites is 2. The van der Waals surface area contributed by atoms with Crippen molar-refractivity contribution in [3.8, 4) is 11.5 Å². The Morgan fingerprint density at radius 3 is 1.97 bits per heavy atom. The van der Waals surface area contributed by atoms with Crippen molar-refractivity contribution in [2.75, 3.05) is 6.54 Å². The molecule has 0 fully saturated rings. The van der Waals surface area contributed by atoms with Gasteiger partial charge in [-0.05, 0) is 24.1 Å². The fraction of sp³-hybridized carbons (Fsp3) is 0.217. The molecule has 7 heteroatoms. The average Bonchev–Trinajstić information content (AvgIpc) is 2.74. The number of nitrogens with zero attached hydrogens (tertiary/aromatic N) is 1. The van der Waals surface area contributed by atoms with E-state index in [0.29, 0.717) is 26.1 Å². The summed E-state index contributed by atoms with van der Waals surface area (Å²) < 4.78 is 0. The van der Waals surface area contributed by atoms with Crippen LogP contribution < -0.4 is 10.6 Å². The maximum absolute atomic E-state index is 10.9. The van der Waals surface area contributed by atoms with E-state index in [2.05, 4.69) is 10.6 Å². The molecule has 0 aliphatic rings. The molecule has 0 radical (unpaired) electrons. The molecule has 3 aromatic rings. The molecule has 4 N–H and O–H groups in total. The number of phenolic OH excluding ortho intramolecular Hbond substituents is 2. The third-order valence-electron chi connectivity index (χ3n) is 4.90. The number of nitro groups is 1. The predicted octanol–water partition coefficient (Wildman–Crippen LogP) is 3.50. The lowest BCUT2D eigenvalue weighted by atomic mass is 10.0. The molecule has 7 nitrogen and oxygen atoms in total. The molecule has 0 heterocycles. The number of phenols is 2. The van der Waals surface area contributed by atoms with Crippen molar-refractivity contribution in [2.45, 2.75) is 25.6 Å². The van der Waals surface area contributed by atoms with Crippen molar-refractivity contribution in [2.24, 2.45) is 0 Å². The first-order valence-corrected chi connectivity index (χ1v) is 9.74. The minimum absolute atomic E-state index is 0.0110. The molecular formula is C23H25N3O4. The monoisotopic (exact) mass is 407 g/mol. The Morgan fingerprint density at radius 2 is 1.40 bits per heavy atom. The van der Waals surface area contributed by atoms with Crippen LogP contribution in [0.5, 0.6) is 11.5 Å². The second kappa shape index (κ2) is 10.4. The van der Waals surface area contributed by atoms with E-state index >= 15 is 0 Å². The molecule has 3 rings (SSSR count). The Bertz CT molecular complexity index is 976. The number of rotatable bonds is 10. The first-order chi connectivity index (χ1) is 14.5. The summed E-state index contributed by atoms with van der Waals surface area (Å²) >= 11 is 0. The average molecular weight is 407 g/mol. The van der Waals surface area contributed by atoms with E-state index in [9.17, 15) is 20.3 Å². The van der Waals surface area contributed by atoms with Crippen LogP contribution in [0.1, 0.15) is 16.7 Å². The van der Waals surface area contributed by atoms with Gasteiger partial charge in [0.05, 0.1) is 4.92 Å². The summed E-state index contributed by atoms with van der Waals surface area (Å²) in [4.78, 5) is 10.5. The maximum Gasteiger partial charge on any atom is 0.269 e. The largest absolute Gasteiger partial charge is 0.508 e. The van der Waals surface area contributed by atoms with E-state index in [1.165, 1.54) is 12.1 Å². The standard InChI is InChI=1S/C23H25N3O4/c27-22-7-3-1-5-18(22)14-24-16-20(25-15-19-6-2-4-8-23(19)28)13-17-9-11-21(12-10-17)26(29)30/h1-12,20,24-25,27-28H,13-16H2. The molecule has 0 aromatic heterocycles. The summed E-state index contributed by atoms with van der Waals surface area (Å²) in [5.74, 6) is 0.486. The van der Waals surface area contributed by atoms with Gasteiger partial charge in [-0.2, -0.15) is 0 Å². The Labute approximate surface area is 175 Å². The topological polar surface area (TPSA) is 108 Å². The first-order valence-electron chi connectivity index (χ1n) is 9.74. The molecule has 0 spiro atoms. The van der Waals surface area contributed by atoms with Crippen LogP contribution in [0, 0.1) is 10.1 Å². The molecule has 0 aliphatic carbocycles. The third kappa shape index (κ3) is 6.04. The molecule has 1 atom stereocenters.